The quantitative estimate of drug-likeness (QED) is 0.668. The SMILES string of the molecule is COc1ccc(CC(=O)NNC(=O)COc2cccc(Br)c2)c(OC)c1. The fourth-order valence-electron chi connectivity index (χ4n) is 2.10. The highest BCUT2D eigenvalue weighted by Crippen LogP contribution is 2.24. The molecule has 26 heavy (non-hydrogen) atoms. The molecule has 0 radical (unpaired) electrons. The molecule has 0 saturated heterocycles. The Bertz CT molecular complexity index is 782. The Morgan fingerprint density at radius 3 is 2.42 bits per heavy atom. The molecule has 0 aliphatic rings. The maximum Gasteiger partial charge on any atom is 0.276 e. The zero-order valence-corrected chi connectivity index (χ0v) is 16.0. The lowest BCUT2D eigenvalue weighted by Gasteiger charge is -2.11. The Balaban J connectivity index is 1.80. The number of carbonyl (C=O) groups is 2. The van der Waals surface area contributed by atoms with Gasteiger partial charge in [0.05, 0.1) is 20.6 Å². The first kappa shape index (κ1) is 19.6. The van der Waals surface area contributed by atoms with Gasteiger partial charge in [0.2, 0.25) is 5.91 Å². The molecule has 0 atom stereocenters. The van der Waals surface area contributed by atoms with Crippen molar-refractivity contribution in [3.05, 3.63) is 52.5 Å². The summed E-state index contributed by atoms with van der Waals surface area (Å²) in [4.78, 5) is 23.8. The summed E-state index contributed by atoms with van der Waals surface area (Å²) in [5.74, 6) is 0.848. The van der Waals surface area contributed by atoms with Crippen molar-refractivity contribution in [3.8, 4) is 17.2 Å². The number of methoxy groups -OCH3 is 2. The molecule has 0 aromatic heterocycles. The molecule has 8 heteroatoms. The van der Waals surface area contributed by atoms with Gasteiger partial charge in [-0.1, -0.05) is 28.1 Å². The monoisotopic (exact) mass is 422 g/mol. The maximum absolute atomic E-state index is 12.0. The number of benzene rings is 2. The summed E-state index contributed by atoms with van der Waals surface area (Å²) in [6.45, 7) is -0.220. The van der Waals surface area contributed by atoms with Crippen molar-refractivity contribution in [1.82, 2.24) is 10.9 Å². The summed E-state index contributed by atoms with van der Waals surface area (Å²) in [6, 6.07) is 12.3. The van der Waals surface area contributed by atoms with E-state index in [0.29, 0.717) is 22.8 Å². The fourth-order valence-corrected chi connectivity index (χ4v) is 2.47. The smallest absolute Gasteiger partial charge is 0.276 e. The minimum absolute atomic E-state index is 0.0416. The number of hydrazine groups is 1. The molecule has 2 rings (SSSR count). The van der Waals surface area contributed by atoms with Crippen LogP contribution in [0.25, 0.3) is 0 Å². The van der Waals surface area contributed by atoms with Crippen LogP contribution < -0.4 is 25.1 Å². The normalized spacial score (nSPS) is 9.96. The fraction of sp³-hybridized carbons (Fsp3) is 0.222. The molecule has 0 fully saturated rings. The summed E-state index contributed by atoms with van der Waals surface area (Å²) in [5.41, 5.74) is 5.32. The third kappa shape index (κ3) is 5.96. The van der Waals surface area contributed by atoms with Crippen molar-refractivity contribution < 1.29 is 23.8 Å². The highest BCUT2D eigenvalue weighted by molar-refractivity contribution is 9.10. The summed E-state index contributed by atoms with van der Waals surface area (Å²) in [6.07, 6.45) is 0.0416. The van der Waals surface area contributed by atoms with Crippen LogP contribution in [0.4, 0.5) is 0 Å². The number of rotatable bonds is 7. The van der Waals surface area contributed by atoms with Crippen molar-refractivity contribution in [1.29, 1.82) is 0 Å². The van der Waals surface area contributed by atoms with Gasteiger partial charge in [0.25, 0.3) is 5.91 Å². The lowest BCUT2D eigenvalue weighted by Crippen LogP contribution is -2.44. The van der Waals surface area contributed by atoms with E-state index in [4.69, 9.17) is 14.2 Å². The number of ether oxygens (including phenoxy) is 3. The highest BCUT2D eigenvalue weighted by Gasteiger charge is 2.11. The zero-order chi connectivity index (χ0) is 18.9. The summed E-state index contributed by atoms with van der Waals surface area (Å²) in [5, 5.41) is 0. The number of halogens is 1. The number of amides is 2. The number of hydrogen-bond donors (Lipinski definition) is 2. The molecule has 2 amide bonds. The van der Waals surface area contributed by atoms with Crippen LogP contribution in [0.3, 0.4) is 0 Å². The second-order valence-electron chi connectivity index (χ2n) is 5.20. The second kappa shape index (κ2) is 9.67. The van der Waals surface area contributed by atoms with Crippen molar-refractivity contribution >= 4 is 27.7 Å². The summed E-state index contributed by atoms with van der Waals surface area (Å²) < 4.78 is 16.5. The van der Waals surface area contributed by atoms with Crippen LogP contribution >= 0.6 is 15.9 Å². The molecule has 0 aliphatic heterocycles. The Hall–Kier alpha value is -2.74. The van der Waals surface area contributed by atoms with Gasteiger partial charge >= 0.3 is 0 Å². The maximum atomic E-state index is 12.0. The topological polar surface area (TPSA) is 85.9 Å². The van der Waals surface area contributed by atoms with Crippen molar-refractivity contribution in [2.45, 2.75) is 6.42 Å². The molecule has 2 aromatic rings. The average molecular weight is 423 g/mol. The van der Waals surface area contributed by atoms with Crippen LogP contribution in [0.2, 0.25) is 0 Å². The van der Waals surface area contributed by atoms with Crippen LogP contribution in [0.5, 0.6) is 17.2 Å². The van der Waals surface area contributed by atoms with E-state index in [9.17, 15) is 9.59 Å². The molecular formula is C18H19BrN2O5. The van der Waals surface area contributed by atoms with Crippen LogP contribution in [0.15, 0.2) is 46.9 Å². The van der Waals surface area contributed by atoms with Gasteiger partial charge in [-0.25, -0.2) is 0 Å². The molecule has 0 spiro atoms. The summed E-state index contributed by atoms with van der Waals surface area (Å²) in [7, 11) is 3.06. The van der Waals surface area contributed by atoms with Gasteiger partial charge in [-0.2, -0.15) is 0 Å². The molecule has 2 aromatic carbocycles. The Labute approximate surface area is 159 Å². The largest absolute Gasteiger partial charge is 0.497 e. The number of carbonyl (C=O) groups excluding carboxylic acids is 2. The van der Waals surface area contributed by atoms with Crippen molar-refractivity contribution in [2.24, 2.45) is 0 Å². The van der Waals surface area contributed by atoms with E-state index in [1.165, 1.54) is 7.11 Å². The van der Waals surface area contributed by atoms with Gasteiger partial charge in [0, 0.05) is 16.1 Å². The third-order valence-corrected chi connectivity index (χ3v) is 3.85. The standard InChI is InChI=1S/C18H19BrN2O5/c1-24-14-7-6-12(16(10-14)25-2)8-17(22)20-21-18(23)11-26-15-5-3-4-13(19)9-15/h3-7,9-10H,8,11H2,1-2H3,(H,20,22)(H,21,23). The first-order valence-electron chi connectivity index (χ1n) is 7.68. The third-order valence-electron chi connectivity index (χ3n) is 3.35. The lowest BCUT2D eigenvalue weighted by atomic mass is 10.1. The molecule has 0 aliphatic carbocycles. The zero-order valence-electron chi connectivity index (χ0n) is 14.4. The van der Waals surface area contributed by atoms with Crippen LogP contribution in [-0.2, 0) is 16.0 Å². The first-order chi connectivity index (χ1) is 12.5. The van der Waals surface area contributed by atoms with Gasteiger partial charge in [-0.15, -0.1) is 0 Å². The van der Waals surface area contributed by atoms with Gasteiger partial charge < -0.3 is 14.2 Å². The van der Waals surface area contributed by atoms with E-state index in [2.05, 4.69) is 26.8 Å². The van der Waals surface area contributed by atoms with Crippen molar-refractivity contribution in [2.75, 3.05) is 20.8 Å². The Morgan fingerprint density at radius 2 is 1.73 bits per heavy atom. The number of nitrogens with one attached hydrogen (secondary N) is 2. The van der Waals surface area contributed by atoms with Gasteiger partial charge in [0.1, 0.15) is 17.2 Å². The average Bonchev–Trinajstić information content (AvgIpc) is 2.65. The number of hydrogen-bond acceptors (Lipinski definition) is 5. The van der Waals surface area contributed by atoms with E-state index in [1.807, 2.05) is 6.07 Å². The van der Waals surface area contributed by atoms with E-state index in [0.717, 1.165) is 4.47 Å². The molecule has 0 bridgehead atoms. The Kier molecular flexibility index (Phi) is 7.28. The molecule has 0 heterocycles. The highest BCUT2D eigenvalue weighted by atomic mass is 79.9. The van der Waals surface area contributed by atoms with E-state index < -0.39 is 5.91 Å². The molecular weight excluding hydrogens is 404 g/mol. The second-order valence-corrected chi connectivity index (χ2v) is 6.11. The minimum Gasteiger partial charge on any atom is -0.497 e. The van der Waals surface area contributed by atoms with E-state index in [-0.39, 0.29) is 18.9 Å². The molecule has 0 unspecified atom stereocenters. The van der Waals surface area contributed by atoms with Crippen molar-refractivity contribution in [3.63, 3.8) is 0 Å². The van der Waals surface area contributed by atoms with Gasteiger partial charge in [0.15, 0.2) is 6.61 Å². The van der Waals surface area contributed by atoms with Crippen LogP contribution in [0, 0.1) is 0 Å². The minimum atomic E-state index is -0.472. The lowest BCUT2D eigenvalue weighted by molar-refractivity contribution is -0.129. The Morgan fingerprint density at radius 1 is 0.962 bits per heavy atom. The van der Waals surface area contributed by atoms with E-state index in [1.54, 1.807) is 43.5 Å². The molecule has 138 valence electrons. The van der Waals surface area contributed by atoms with Crippen LogP contribution in [-0.4, -0.2) is 32.6 Å². The molecule has 7 nitrogen and oxygen atoms in total. The molecule has 2 N–H and O–H groups in total. The van der Waals surface area contributed by atoms with Crippen LogP contribution in [0.1, 0.15) is 5.56 Å². The summed E-state index contributed by atoms with van der Waals surface area (Å²) >= 11 is 3.32. The molecule has 0 saturated carbocycles. The van der Waals surface area contributed by atoms with Gasteiger partial charge in [-0.3, -0.25) is 20.4 Å². The van der Waals surface area contributed by atoms with Gasteiger partial charge in [-0.05, 0) is 24.3 Å². The predicted molar refractivity (Wildman–Crippen MR) is 99.2 cm³/mol. The van der Waals surface area contributed by atoms with E-state index >= 15 is 0 Å². The first-order valence-corrected chi connectivity index (χ1v) is 8.48. The predicted octanol–water partition coefficient (Wildman–Crippen LogP) is 2.24.